The third kappa shape index (κ3) is 5.04. The van der Waals surface area contributed by atoms with Crippen molar-refractivity contribution in [3.05, 3.63) is 65.2 Å². The highest BCUT2D eigenvalue weighted by Crippen LogP contribution is 2.29. The van der Waals surface area contributed by atoms with Crippen molar-refractivity contribution in [1.29, 1.82) is 0 Å². The minimum absolute atomic E-state index is 0.0394. The van der Waals surface area contributed by atoms with E-state index in [9.17, 15) is 19.2 Å². The summed E-state index contributed by atoms with van der Waals surface area (Å²) in [5.74, 6) is -1.64. The average Bonchev–Trinajstić information content (AvgIpc) is 3.20. The van der Waals surface area contributed by atoms with E-state index in [0.29, 0.717) is 24.1 Å². The van der Waals surface area contributed by atoms with Gasteiger partial charge in [0.2, 0.25) is 11.7 Å². The van der Waals surface area contributed by atoms with Gasteiger partial charge in [0.15, 0.2) is 6.10 Å². The van der Waals surface area contributed by atoms with Gasteiger partial charge in [-0.1, -0.05) is 32.0 Å². The summed E-state index contributed by atoms with van der Waals surface area (Å²) in [5, 5.41) is 2.70. The second-order valence-corrected chi connectivity index (χ2v) is 8.27. The van der Waals surface area contributed by atoms with E-state index >= 15 is 0 Å². The van der Waals surface area contributed by atoms with Crippen molar-refractivity contribution < 1.29 is 23.9 Å². The first-order chi connectivity index (χ1) is 15.2. The predicted octanol–water partition coefficient (Wildman–Crippen LogP) is 3.16. The normalized spacial score (nSPS) is 14.5. The fourth-order valence-electron chi connectivity index (χ4n) is 3.73. The Morgan fingerprint density at radius 2 is 1.66 bits per heavy atom. The van der Waals surface area contributed by atoms with Crippen LogP contribution in [0.15, 0.2) is 48.5 Å². The molecule has 2 aromatic carbocycles. The zero-order valence-electron chi connectivity index (χ0n) is 18.8. The molecule has 1 heterocycles. The van der Waals surface area contributed by atoms with Gasteiger partial charge in [-0.25, -0.2) is 4.79 Å². The molecule has 168 valence electrons. The molecule has 3 rings (SSSR count). The van der Waals surface area contributed by atoms with Crippen LogP contribution in [-0.4, -0.2) is 42.3 Å². The molecule has 0 saturated carbocycles. The summed E-state index contributed by atoms with van der Waals surface area (Å²) in [7, 11) is 0. The van der Waals surface area contributed by atoms with Gasteiger partial charge in [0.1, 0.15) is 6.04 Å². The molecule has 1 aliphatic heterocycles. The number of ether oxygens (including phenoxy) is 1. The Hall–Kier alpha value is -3.48. The van der Waals surface area contributed by atoms with Crippen molar-refractivity contribution in [2.45, 2.75) is 46.3 Å². The monoisotopic (exact) mass is 436 g/mol. The van der Waals surface area contributed by atoms with Crippen LogP contribution in [0.3, 0.4) is 0 Å². The molecule has 2 atom stereocenters. The van der Waals surface area contributed by atoms with Crippen molar-refractivity contribution in [1.82, 2.24) is 5.32 Å². The fourth-order valence-corrected chi connectivity index (χ4v) is 3.73. The molecular weight excluding hydrogens is 408 g/mol. The lowest BCUT2D eigenvalue weighted by Gasteiger charge is -2.23. The Kier molecular flexibility index (Phi) is 7.08. The maximum absolute atomic E-state index is 12.9. The first-order valence-electron chi connectivity index (χ1n) is 10.7. The Bertz CT molecular complexity index is 1030. The number of rotatable bonds is 7. The summed E-state index contributed by atoms with van der Waals surface area (Å²) in [5.41, 5.74) is 2.58. The molecule has 7 nitrogen and oxygen atoms in total. The van der Waals surface area contributed by atoms with Crippen LogP contribution in [0, 0.1) is 5.92 Å². The number of fused-ring (bicyclic) bond motifs is 1. The lowest BCUT2D eigenvalue weighted by atomic mass is 10.0. The van der Waals surface area contributed by atoms with Gasteiger partial charge in [-0.15, -0.1) is 0 Å². The highest BCUT2D eigenvalue weighted by molar-refractivity contribution is 6.02. The number of esters is 1. The highest BCUT2D eigenvalue weighted by atomic mass is 16.5. The number of carbonyl (C=O) groups excluding carboxylic acids is 4. The van der Waals surface area contributed by atoms with E-state index in [4.69, 9.17) is 4.74 Å². The third-order valence-electron chi connectivity index (χ3n) is 5.54. The van der Waals surface area contributed by atoms with Gasteiger partial charge in [-0.05, 0) is 55.2 Å². The zero-order valence-corrected chi connectivity index (χ0v) is 18.8. The second-order valence-electron chi connectivity index (χ2n) is 8.27. The fraction of sp³-hybridized carbons (Fsp3) is 0.360. The predicted molar refractivity (Wildman–Crippen MR) is 121 cm³/mol. The number of carbonyl (C=O) groups is 4. The van der Waals surface area contributed by atoms with Crippen LogP contribution < -0.4 is 10.2 Å². The maximum Gasteiger partial charge on any atom is 0.329 e. The number of ketones is 1. The van der Waals surface area contributed by atoms with E-state index in [1.807, 2.05) is 0 Å². The minimum atomic E-state index is -1.01. The molecule has 7 heteroatoms. The van der Waals surface area contributed by atoms with E-state index in [-0.39, 0.29) is 23.5 Å². The number of Topliss-reactive ketones (excluding diaryl/α,β-unsaturated/α-hetero) is 1. The SMILES string of the molecule is CC(=O)N1CCc2cc(C(=O)[C@H](C)OC(=O)[C@H](NC(=O)c3ccccc3)C(C)C)ccc21. The Balaban J connectivity index is 1.67. The third-order valence-corrected chi connectivity index (χ3v) is 5.54. The number of hydrogen-bond donors (Lipinski definition) is 1. The molecule has 0 bridgehead atoms. The molecule has 0 aromatic heterocycles. The average molecular weight is 437 g/mol. The van der Waals surface area contributed by atoms with E-state index < -0.39 is 18.1 Å². The molecule has 1 aliphatic rings. The smallest absolute Gasteiger partial charge is 0.329 e. The first-order valence-corrected chi connectivity index (χ1v) is 10.7. The number of hydrogen-bond acceptors (Lipinski definition) is 5. The Labute approximate surface area is 187 Å². The van der Waals surface area contributed by atoms with E-state index in [1.54, 1.807) is 67.3 Å². The molecule has 0 spiro atoms. The molecule has 1 N–H and O–H groups in total. The summed E-state index contributed by atoms with van der Waals surface area (Å²) in [6.07, 6.45) is -0.341. The lowest BCUT2D eigenvalue weighted by molar-refractivity contribution is -0.149. The molecule has 2 amide bonds. The van der Waals surface area contributed by atoms with Crippen molar-refractivity contribution in [3.8, 4) is 0 Å². The summed E-state index contributed by atoms with van der Waals surface area (Å²) in [6, 6.07) is 12.9. The van der Waals surface area contributed by atoms with Crippen molar-refractivity contribution >= 4 is 29.3 Å². The highest BCUT2D eigenvalue weighted by Gasteiger charge is 2.30. The molecule has 2 aromatic rings. The standard InChI is InChI=1S/C25H28N2O5/c1-15(2)22(26-24(30)18-8-6-5-7-9-18)25(31)32-16(3)23(29)20-10-11-21-19(14-20)12-13-27(21)17(4)28/h5-11,14-16,22H,12-13H2,1-4H3,(H,26,30)/t16-,22+/m0/s1. The maximum atomic E-state index is 12.9. The molecule has 0 saturated heterocycles. The number of amides is 2. The summed E-state index contributed by atoms with van der Waals surface area (Å²) in [6.45, 7) is 7.21. The Morgan fingerprint density at radius 1 is 0.969 bits per heavy atom. The van der Waals surface area contributed by atoms with Crippen LogP contribution in [-0.2, 0) is 20.7 Å². The number of nitrogens with zero attached hydrogens (tertiary/aromatic N) is 1. The number of anilines is 1. The molecule has 0 fully saturated rings. The van der Waals surface area contributed by atoms with Crippen molar-refractivity contribution in [2.24, 2.45) is 5.92 Å². The van der Waals surface area contributed by atoms with Crippen LogP contribution in [0.5, 0.6) is 0 Å². The second kappa shape index (κ2) is 9.77. The van der Waals surface area contributed by atoms with Crippen LogP contribution in [0.25, 0.3) is 0 Å². The Morgan fingerprint density at radius 3 is 2.28 bits per heavy atom. The number of benzene rings is 2. The van der Waals surface area contributed by atoms with Gasteiger partial charge >= 0.3 is 5.97 Å². The van der Waals surface area contributed by atoms with Crippen LogP contribution in [0.4, 0.5) is 5.69 Å². The quantitative estimate of drug-likeness (QED) is 0.532. The van der Waals surface area contributed by atoms with Crippen molar-refractivity contribution in [3.63, 3.8) is 0 Å². The van der Waals surface area contributed by atoms with E-state index in [0.717, 1.165) is 11.3 Å². The van der Waals surface area contributed by atoms with Gasteiger partial charge in [0, 0.05) is 30.3 Å². The largest absolute Gasteiger partial charge is 0.453 e. The molecule has 32 heavy (non-hydrogen) atoms. The van der Waals surface area contributed by atoms with Gasteiger partial charge in [-0.3, -0.25) is 14.4 Å². The molecule has 0 radical (unpaired) electrons. The first kappa shape index (κ1) is 23.2. The minimum Gasteiger partial charge on any atom is -0.453 e. The summed E-state index contributed by atoms with van der Waals surface area (Å²) >= 11 is 0. The molecule has 0 unspecified atom stereocenters. The van der Waals surface area contributed by atoms with Crippen LogP contribution in [0.2, 0.25) is 0 Å². The molecule has 0 aliphatic carbocycles. The van der Waals surface area contributed by atoms with Gasteiger partial charge in [0.25, 0.3) is 5.91 Å². The van der Waals surface area contributed by atoms with E-state index in [2.05, 4.69) is 5.32 Å². The van der Waals surface area contributed by atoms with Crippen molar-refractivity contribution in [2.75, 3.05) is 11.4 Å². The van der Waals surface area contributed by atoms with Gasteiger partial charge in [-0.2, -0.15) is 0 Å². The molecular formula is C25H28N2O5. The van der Waals surface area contributed by atoms with Crippen LogP contribution >= 0.6 is 0 Å². The van der Waals surface area contributed by atoms with Gasteiger partial charge < -0.3 is 15.0 Å². The topological polar surface area (TPSA) is 92.8 Å². The van der Waals surface area contributed by atoms with E-state index in [1.165, 1.54) is 13.8 Å². The number of nitrogens with one attached hydrogen (secondary N) is 1. The lowest BCUT2D eigenvalue weighted by Crippen LogP contribution is -2.46. The summed E-state index contributed by atoms with van der Waals surface area (Å²) < 4.78 is 5.44. The zero-order chi connectivity index (χ0) is 23.4. The van der Waals surface area contributed by atoms with Crippen LogP contribution in [0.1, 0.15) is 54.0 Å². The summed E-state index contributed by atoms with van der Waals surface area (Å²) in [4.78, 5) is 51.5. The van der Waals surface area contributed by atoms with Gasteiger partial charge in [0.05, 0.1) is 0 Å².